The zero-order valence-electron chi connectivity index (χ0n) is 21.2. The Bertz CT molecular complexity index is 1180. The quantitative estimate of drug-likeness (QED) is 0.454. The summed E-state index contributed by atoms with van der Waals surface area (Å²) in [7, 11) is 3.46. The first-order valence-corrected chi connectivity index (χ1v) is 13.0. The molecule has 3 aromatic rings. The molecule has 192 valence electrons. The van der Waals surface area contributed by atoms with E-state index in [1.54, 1.807) is 14.2 Å². The van der Waals surface area contributed by atoms with Gasteiger partial charge in [-0.3, -0.25) is 0 Å². The molecule has 0 radical (unpaired) electrons. The van der Waals surface area contributed by atoms with Crippen molar-refractivity contribution >= 4 is 10.9 Å². The maximum absolute atomic E-state index is 6.36. The van der Waals surface area contributed by atoms with Crippen LogP contribution in [0.25, 0.3) is 10.9 Å². The maximum Gasteiger partial charge on any atom is 0.180 e. The lowest BCUT2D eigenvalue weighted by Crippen LogP contribution is -2.71. The fourth-order valence-electron chi connectivity index (χ4n) is 6.55. The minimum absolute atomic E-state index is 0.0912. The molecule has 2 aromatic carbocycles. The van der Waals surface area contributed by atoms with Gasteiger partial charge in [-0.05, 0) is 54.6 Å². The second-order valence-electron chi connectivity index (χ2n) is 10.4. The molecule has 3 saturated heterocycles. The molecule has 7 nitrogen and oxygen atoms in total. The number of aromatic amines is 1. The molecule has 4 heterocycles. The van der Waals surface area contributed by atoms with Crippen LogP contribution < -0.4 is 10.1 Å². The molecule has 1 aromatic heterocycles. The zero-order chi connectivity index (χ0) is 24.7. The first kappa shape index (κ1) is 23.9. The van der Waals surface area contributed by atoms with Crippen LogP contribution in [0.2, 0.25) is 0 Å². The summed E-state index contributed by atoms with van der Waals surface area (Å²) >= 11 is 0. The molecule has 0 amide bonds. The van der Waals surface area contributed by atoms with E-state index in [4.69, 9.17) is 23.7 Å². The molecule has 6 unspecified atom stereocenters. The lowest BCUT2D eigenvalue weighted by molar-refractivity contribution is -0.477. The van der Waals surface area contributed by atoms with E-state index in [0.29, 0.717) is 24.5 Å². The third-order valence-corrected chi connectivity index (χ3v) is 8.43. The van der Waals surface area contributed by atoms with Crippen molar-refractivity contribution in [3.05, 3.63) is 65.9 Å². The summed E-state index contributed by atoms with van der Waals surface area (Å²) in [4.78, 5) is 3.41. The van der Waals surface area contributed by atoms with Crippen LogP contribution >= 0.6 is 0 Å². The van der Waals surface area contributed by atoms with Gasteiger partial charge in [-0.1, -0.05) is 37.3 Å². The van der Waals surface area contributed by atoms with Gasteiger partial charge in [0.25, 0.3) is 0 Å². The molecule has 7 atom stereocenters. The van der Waals surface area contributed by atoms with Crippen molar-refractivity contribution in [3.8, 4) is 5.75 Å². The highest BCUT2D eigenvalue weighted by molar-refractivity contribution is 5.84. The monoisotopic (exact) mass is 492 g/mol. The average Bonchev–Trinajstić information content (AvgIpc) is 3.32. The van der Waals surface area contributed by atoms with Crippen molar-refractivity contribution in [3.63, 3.8) is 0 Å². The van der Waals surface area contributed by atoms with Crippen LogP contribution in [-0.4, -0.2) is 50.2 Å². The van der Waals surface area contributed by atoms with Gasteiger partial charge in [-0.25, -0.2) is 0 Å². The number of fused-ring (bicyclic) bond motifs is 2. The standard InChI is InChI=1S/C29H36N2O5/c1-18-23-13-21(15-29(33-3)26(23)28(32-2)35-27(18)36-29)30-12-11-20-16-31-25-10-9-22(14-24(20)25)34-17-19-7-5-4-6-8-19/h4-10,14,16,18,21,23,26-28,30-31H,11-13,15,17H2,1-3H3/t18?,21?,23?,26?,27?,28-,29?/m1/s1. The van der Waals surface area contributed by atoms with E-state index in [2.05, 4.69) is 47.7 Å². The fourth-order valence-corrected chi connectivity index (χ4v) is 6.55. The maximum atomic E-state index is 6.36. The molecule has 4 aliphatic rings. The van der Waals surface area contributed by atoms with Crippen molar-refractivity contribution in [1.29, 1.82) is 0 Å². The Kier molecular flexibility index (Phi) is 6.52. The van der Waals surface area contributed by atoms with Crippen molar-refractivity contribution in [1.82, 2.24) is 10.3 Å². The van der Waals surface area contributed by atoms with E-state index >= 15 is 0 Å². The molecule has 36 heavy (non-hydrogen) atoms. The summed E-state index contributed by atoms with van der Waals surface area (Å²) < 4.78 is 30.1. The number of benzene rings is 2. The van der Waals surface area contributed by atoms with E-state index < -0.39 is 5.79 Å². The molecule has 7 heteroatoms. The van der Waals surface area contributed by atoms with Gasteiger partial charge < -0.3 is 34.0 Å². The van der Waals surface area contributed by atoms with E-state index in [1.165, 1.54) is 10.9 Å². The van der Waals surface area contributed by atoms with Crippen LogP contribution in [0.1, 0.15) is 30.9 Å². The molecule has 1 aliphatic carbocycles. The Labute approximate surface area is 212 Å². The molecule has 2 N–H and O–H groups in total. The SMILES string of the molecule is CO[C@@H]1OC2OC3(OC)CC(NCCc4c[nH]c5ccc(OCc6ccccc6)cc45)CC(C2C)C13. The molecule has 7 rings (SSSR count). The van der Waals surface area contributed by atoms with Crippen LogP contribution in [0.4, 0.5) is 0 Å². The van der Waals surface area contributed by atoms with Gasteiger partial charge >= 0.3 is 0 Å². The lowest BCUT2D eigenvalue weighted by Gasteiger charge is -2.62. The third-order valence-electron chi connectivity index (χ3n) is 8.43. The van der Waals surface area contributed by atoms with Crippen LogP contribution in [0.5, 0.6) is 5.75 Å². The lowest BCUT2D eigenvalue weighted by atomic mass is 9.63. The predicted octanol–water partition coefficient (Wildman–Crippen LogP) is 4.61. The van der Waals surface area contributed by atoms with Crippen molar-refractivity contribution in [2.45, 2.75) is 57.2 Å². The van der Waals surface area contributed by atoms with E-state index in [-0.39, 0.29) is 18.5 Å². The van der Waals surface area contributed by atoms with E-state index in [0.717, 1.165) is 42.6 Å². The van der Waals surface area contributed by atoms with Gasteiger partial charge in [0.2, 0.25) is 0 Å². The highest BCUT2D eigenvalue weighted by Crippen LogP contribution is 2.56. The van der Waals surface area contributed by atoms with Crippen LogP contribution in [0.15, 0.2) is 54.7 Å². The van der Waals surface area contributed by atoms with Crippen molar-refractivity contribution in [2.24, 2.45) is 17.8 Å². The highest BCUT2D eigenvalue weighted by atomic mass is 16.8. The van der Waals surface area contributed by atoms with Gasteiger partial charge in [0, 0.05) is 49.7 Å². The highest BCUT2D eigenvalue weighted by Gasteiger charge is 2.65. The average molecular weight is 493 g/mol. The number of hydrogen-bond acceptors (Lipinski definition) is 6. The molecule has 4 fully saturated rings. The fraction of sp³-hybridized carbons (Fsp3) is 0.517. The Morgan fingerprint density at radius 1 is 1.14 bits per heavy atom. The van der Waals surface area contributed by atoms with E-state index in [1.807, 2.05) is 24.3 Å². The number of ether oxygens (including phenoxy) is 5. The van der Waals surface area contributed by atoms with Crippen molar-refractivity contribution < 1.29 is 23.7 Å². The zero-order valence-corrected chi connectivity index (χ0v) is 21.2. The van der Waals surface area contributed by atoms with E-state index in [9.17, 15) is 0 Å². The van der Waals surface area contributed by atoms with Crippen LogP contribution in [0, 0.1) is 17.8 Å². The Morgan fingerprint density at radius 3 is 2.81 bits per heavy atom. The summed E-state index contributed by atoms with van der Waals surface area (Å²) in [6.07, 6.45) is 4.37. The minimum atomic E-state index is -0.650. The van der Waals surface area contributed by atoms with Gasteiger partial charge in [0.05, 0.1) is 5.92 Å². The molecule has 3 aliphatic heterocycles. The largest absolute Gasteiger partial charge is 0.489 e. The molecular formula is C29H36N2O5. The number of aromatic nitrogens is 1. The molecule has 1 saturated carbocycles. The first-order valence-electron chi connectivity index (χ1n) is 13.0. The summed E-state index contributed by atoms with van der Waals surface area (Å²) in [5.74, 6) is 1.08. The van der Waals surface area contributed by atoms with Crippen LogP contribution in [-0.2, 0) is 32.0 Å². The van der Waals surface area contributed by atoms with Gasteiger partial charge in [-0.15, -0.1) is 0 Å². The number of methoxy groups -OCH3 is 2. The Hall–Kier alpha value is -2.42. The number of nitrogens with one attached hydrogen (secondary N) is 2. The van der Waals surface area contributed by atoms with Crippen LogP contribution in [0.3, 0.4) is 0 Å². The number of rotatable bonds is 9. The normalized spacial score (nSPS) is 33.2. The summed E-state index contributed by atoms with van der Waals surface area (Å²) in [6.45, 7) is 3.67. The third kappa shape index (κ3) is 4.23. The number of hydrogen-bond donors (Lipinski definition) is 2. The van der Waals surface area contributed by atoms with Gasteiger partial charge in [0.1, 0.15) is 12.4 Å². The Morgan fingerprint density at radius 2 is 2.00 bits per heavy atom. The molecular weight excluding hydrogens is 456 g/mol. The number of H-pyrrole nitrogens is 1. The van der Waals surface area contributed by atoms with Gasteiger partial charge in [0.15, 0.2) is 18.4 Å². The summed E-state index contributed by atoms with van der Waals surface area (Å²) in [5, 5.41) is 5.01. The second kappa shape index (κ2) is 9.80. The first-order chi connectivity index (χ1) is 17.6. The predicted molar refractivity (Wildman–Crippen MR) is 136 cm³/mol. The van der Waals surface area contributed by atoms with Crippen molar-refractivity contribution in [2.75, 3.05) is 20.8 Å². The Balaban J connectivity index is 1.10. The summed E-state index contributed by atoms with van der Waals surface area (Å²) in [6, 6.07) is 16.8. The summed E-state index contributed by atoms with van der Waals surface area (Å²) in [5.41, 5.74) is 3.58. The smallest absolute Gasteiger partial charge is 0.180 e. The topological polar surface area (TPSA) is 74.0 Å². The van der Waals surface area contributed by atoms with Gasteiger partial charge in [-0.2, -0.15) is 0 Å². The molecule has 4 bridgehead atoms. The second-order valence-corrected chi connectivity index (χ2v) is 10.4. The molecule has 0 spiro atoms. The minimum Gasteiger partial charge on any atom is -0.489 e.